The maximum Gasteiger partial charge on any atom is 0.266 e. The fourth-order valence-corrected chi connectivity index (χ4v) is 4.39. The molecule has 1 amide bonds. The first kappa shape index (κ1) is 28.7. The van der Waals surface area contributed by atoms with Crippen molar-refractivity contribution in [2.75, 3.05) is 20.3 Å². The minimum absolute atomic E-state index is 0.0242. The lowest BCUT2D eigenvalue weighted by molar-refractivity contribution is -0.129. The van der Waals surface area contributed by atoms with Crippen molar-refractivity contribution in [3.05, 3.63) is 108 Å². The molecule has 0 radical (unpaired) electrons. The van der Waals surface area contributed by atoms with Crippen molar-refractivity contribution >= 4 is 11.8 Å². The summed E-state index contributed by atoms with van der Waals surface area (Å²) in [4.78, 5) is 18.6. The molecular weight excluding hydrogens is 520 g/mol. The molecule has 0 spiro atoms. The molecule has 0 unspecified atom stereocenters. The van der Waals surface area contributed by atoms with E-state index in [9.17, 15) is 13.6 Å². The Bertz CT molecular complexity index is 1350. The third kappa shape index (κ3) is 6.64. The van der Waals surface area contributed by atoms with Gasteiger partial charge < -0.3 is 19.3 Å². The van der Waals surface area contributed by atoms with Gasteiger partial charge >= 0.3 is 0 Å². The third-order valence-electron chi connectivity index (χ3n) is 6.30. The number of halogens is 2. The number of nitrogens with one attached hydrogen (secondary N) is 2. The highest BCUT2D eigenvalue weighted by molar-refractivity contribution is 6.01. The van der Waals surface area contributed by atoms with Crippen molar-refractivity contribution in [2.45, 2.75) is 31.0 Å². The fourth-order valence-electron chi connectivity index (χ4n) is 4.39. The lowest BCUT2D eigenvalue weighted by atomic mass is 9.84. The number of carbonyl (C=O) groups excluding carboxylic acids is 1. The van der Waals surface area contributed by atoms with Gasteiger partial charge in [0.15, 0.2) is 11.6 Å². The Kier molecular flexibility index (Phi) is 9.47. The van der Waals surface area contributed by atoms with Crippen LogP contribution >= 0.6 is 0 Å². The number of amides is 1. The van der Waals surface area contributed by atoms with E-state index in [1.165, 1.54) is 12.1 Å². The van der Waals surface area contributed by atoms with Crippen molar-refractivity contribution in [1.82, 2.24) is 10.9 Å². The highest BCUT2D eigenvalue weighted by Crippen LogP contribution is 2.43. The smallest absolute Gasteiger partial charge is 0.266 e. The predicted octanol–water partition coefficient (Wildman–Crippen LogP) is 4.39. The molecule has 0 bridgehead atoms. The summed E-state index contributed by atoms with van der Waals surface area (Å²) in [5.74, 6) is -0.499. The van der Waals surface area contributed by atoms with Crippen LogP contribution in [0.3, 0.4) is 0 Å². The first-order chi connectivity index (χ1) is 19.4. The van der Waals surface area contributed by atoms with E-state index in [0.717, 1.165) is 6.07 Å². The molecule has 4 rings (SSSR count). The van der Waals surface area contributed by atoms with Crippen molar-refractivity contribution < 1.29 is 32.9 Å². The van der Waals surface area contributed by atoms with Gasteiger partial charge in [-0.1, -0.05) is 18.2 Å². The van der Waals surface area contributed by atoms with Gasteiger partial charge in [0.1, 0.15) is 23.1 Å². The number of aliphatic imine (C=N–C) groups is 1. The molecule has 1 heterocycles. The second kappa shape index (κ2) is 13.2. The molecule has 0 aromatic heterocycles. The van der Waals surface area contributed by atoms with Crippen LogP contribution in [0, 0.1) is 11.6 Å². The van der Waals surface area contributed by atoms with Gasteiger partial charge in [-0.15, -0.1) is 6.58 Å². The van der Waals surface area contributed by atoms with Crippen molar-refractivity contribution in [1.29, 1.82) is 0 Å². The normalized spacial score (nSPS) is 18.0. The van der Waals surface area contributed by atoms with E-state index in [4.69, 9.17) is 24.3 Å². The van der Waals surface area contributed by atoms with Crippen LogP contribution in [0.15, 0.2) is 84.4 Å². The average molecular weight is 552 g/mol. The zero-order valence-corrected chi connectivity index (χ0v) is 22.0. The number of hydrogen-bond donors (Lipinski definition) is 3. The lowest BCUT2D eigenvalue weighted by Gasteiger charge is -2.29. The van der Waals surface area contributed by atoms with Crippen LogP contribution in [0.2, 0.25) is 0 Å². The molecule has 3 aromatic rings. The zero-order valence-electron chi connectivity index (χ0n) is 22.0. The van der Waals surface area contributed by atoms with Gasteiger partial charge in [-0.2, -0.15) is 0 Å². The van der Waals surface area contributed by atoms with Crippen LogP contribution < -0.4 is 20.3 Å². The van der Waals surface area contributed by atoms with E-state index in [2.05, 4.69) is 17.4 Å². The number of benzene rings is 3. The first-order valence-corrected chi connectivity index (χ1v) is 12.7. The van der Waals surface area contributed by atoms with Crippen LogP contribution in [0.1, 0.15) is 35.6 Å². The summed E-state index contributed by atoms with van der Waals surface area (Å²) in [5, 5.41) is 8.96. The molecule has 2 atom stereocenters. The van der Waals surface area contributed by atoms with Gasteiger partial charge in [0.25, 0.3) is 5.91 Å². The van der Waals surface area contributed by atoms with Crippen molar-refractivity contribution in [3.63, 3.8) is 0 Å². The number of ether oxygens (including phenoxy) is 3. The summed E-state index contributed by atoms with van der Waals surface area (Å²) >= 11 is 0. The molecule has 40 heavy (non-hydrogen) atoms. The molecule has 0 saturated heterocycles. The molecule has 0 saturated carbocycles. The Balaban J connectivity index is 1.63. The summed E-state index contributed by atoms with van der Waals surface area (Å²) < 4.78 is 44.5. The summed E-state index contributed by atoms with van der Waals surface area (Å²) in [7, 11) is 1.55. The fraction of sp³-hybridized carbons (Fsp3) is 0.267. The Hall–Kier alpha value is -4.28. The number of hydrogen-bond acceptors (Lipinski definition) is 7. The van der Waals surface area contributed by atoms with Crippen molar-refractivity contribution in [3.8, 4) is 11.5 Å². The van der Waals surface area contributed by atoms with Crippen LogP contribution in [0.25, 0.3) is 0 Å². The van der Waals surface area contributed by atoms with E-state index in [1.807, 2.05) is 6.07 Å². The second-order valence-electron chi connectivity index (χ2n) is 9.14. The van der Waals surface area contributed by atoms with Gasteiger partial charge in [0.05, 0.1) is 13.7 Å². The molecule has 3 aromatic carbocycles. The molecule has 8 nitrogen and oxygen atoms in total. The molecule has 10 heteroatoms. The predicted molar refractivity (Wildman–Crippen MR) is 146 cm³/mol. The molecule has 1 aliphatic heterocycles. The molecular formula is C30H31F2N3O5. The number of methoxy groups -OCH3 is 1. The summed E-state index contributed by atoms with van der Waals surface area (Å²) in [6.07, 6.45) is 1.39. The summed E-state index contributed by atoms with van der Waals surface area (Å²) in [6.45, 7) is 4.23. The van der Waals surface area contributed by atoms with Crippen LogP contribution in [0.4, 0.5) is 8.78 Å². The maximum atomic E-state index is 13.8. The number of hydrazine groups is 1. The molecule has 3 N–H and O–H groups in total. The van der Waals surface area contributed by atoms with Gasteiger partial charge in [-0.05, 0) is 59.7 Å². The maximum absolute atomic E-state index is 13.8. The second-order valence-corrected chi connectivity index (χ2v) is 9.14. The molecule has 0 aliphatic carbocycles. The zero-order chi connectivity index (χ0) is 28.5. The largest absolute Gasteiger partial charge is 0.497 e. The topological polar surface area (TPSA) is 101 Å². The monoisotopic (exact) mass is 551 g/mol. The summed E-state index contributed by atoms with van der Waals surface area (Å²) in [5.41, 5.74) is 5.52. The quantitative estimate of drug-likeness (QED) is 0.166. The van der Waals surface area contributed by atoms with Crippen molar-refractivity contribution in [2.24, 2.45) is 4.99 Å². The molecule has 0 fully saturated rings. The highest BCUT2D eigenvalue weighted by Gasteiger charge is 2.52. The number of rotatable bonds is 13. The van der Waals surface area contributed by atoms with Gasteiger partial charge in [0, 0.05) is 37.6 Å². The van der Waals surface area contributed by atoms with E-state index in [0.29, 0.717) is 41.2 Å². The van der Waals surface area contributed by atoms with Crippen LogP contribution in [0.5, 0.6) is 11.5 Å². The lowest BCUT2D eigenvalue weighted by Crippen LogP contribution is -2.52. The van der Waals surface area contributed by atoms with Crippen LogP contribution in [-0.4, -0.2) is 42.8 Å². The number of carbonyl (C=O) groups is 1. The third-order valence-corrected chi connectivity index (χ3v) is 6.30. The average Bonchev–Trinajstić information content (AvgIpc) is 3.34. The van der Waals surface area contributed by atoms with E-state index in [1.54, 1.807) is 55.7 Å². The van der Waals surface area contributed by atoms with Gasteiger partial charge in [-0.25, -0.2) is 19.2 Å². The van der Waals surface area contributed by atoms with Gasteiger partial charge in [-0.3, -0.25) is 10.2 Å². The minimum Gasteiger partial charge on any atom is -0.497 e. The van der Waals surface area contributed by atoms with Crippen LogP contribution in [-0.2, 0) is 16.1 Å². The molecule has 210 valence electrons. The standard InChI is InChI=1S/C30H31F2N3O5/c1-3-12-30(29(37)35-33-19-20-15-23(31)18-24(32)16-20)27(22-6-4-7-26(17-22)38-2)40-28(34-30)21-8-10-25(11-9-21)39-14-5-13-36/h3-4,6-11,15-18,27,33,36H,1,5,12-14,19H2,2H3,(H,35,37)/t27-,30-/m0/s1. The Labute approximate surface area is 231 Å². The Morgan fingerprint density at radius 3 is 2.55 bits per heavy atom. The Morgan fingerprint density at radius 1 is 1.12 bits per heavy atom. The minimum atomic E-state index is -1.46. The highest BCUT2D eigenvalue weighted by atomic mass is 19.1. The number of aliphatic hydroxyl groups is 1. The van der Waals surface area contributed by atoms with E-state index in [-0.39, 0.29) is 25.5 Å². The van der Waals surface area contributed by atoms with E-state index >= 15 is 0 Å². The van der Waals surface area contributed by atoms with Gasteiger partial charge in [0.2, 0.25) is 5.90 Å². The first-order valence-electron chi connectivity index (χ1n) is 12.7. The summed E-state index contributed by atoms with van der Waals surface area (Å²) in [6, 6.07) is 17.3. The number of aliphatic hydroxyl groups excluding tert-OH is 1. The molecule has 1 aliphatic rings. The number of nitrogens with zero attached hydrogens (tertiary/aromatic N) is 1. The van der Waals surface area contributed by atoms with E-state index < -0.39 is 29.2 Å². The Morgan fingerprint density at radius 2 is 1.88 bits per heavy atom. The SMILES string of the molecule is C=CC[C@]1(C(=O)NNCc2cc(F)cc(F)c2)N=C(c2ccc(OCCCO)cc2)O[C@H]1c1cccc(OC)c1.